The van der Waals surface area contributed by atoms with Crippen molar-refractivity contribution in [1.82, 2.24) is 25.0 Å². The van der Waals surface area contributed by atoms with Gasteiger partial charge in [-0.3, -0.25) is 14.5 Å². The molecule has 0 aliphatic rings. The topological polar surface area (TPSA) is 100 Å². The van der Waals surface area contributed by atoms with Gasteiger partial charge in [0, 0.05) is 35.1 Å². The number of fused-ring (bicyclic) bond motifs is 2. The number of aromatic nitrogens is 5. The van der Waals surface area contributed by atoms with Gasteiger partial charge in [0.1, 0.15) is 0 Å². The Labute approximate surface area is 187 Å². The molecule has 32 heavy (non-hydrogen) atoms. The van der Waals surface area contributed by atoms with Crippen LogP contribution < -0.4 is 5.56 Å². The minimum absolute atomic E-state index is 0.230. The number of rotatable bonds is 3. The zero-order valence-electron chi connectivity index (χ0n) is 17.3. The number of benzene rings is 2. The molecule has 0 unspecified atom stereocenters. The first-order chi connectivity index (χ1) is 15.5. The summed E-state index contributed by atoms with van der Waals surface area (Å²) in [4.78, 5) is 16.6. The fourth-order valence-corrected chi connectivity index (χ4v) is 4.45. The van der Waals surface area contributed by atoms with Gasteiger partial charge >= 0.3 is 0 Å². The van der Waals surface area contributed by atoms with Crippen molar-refractivity contribution in [3.05, 3.63) is 75.4 Å². The first kappa shape index (κ1) is 19.9. The van der Waals surface area contributed by atoms with Crippen molar-refractivity contribution >= 4 is 33.3 Å². The molecule has 8 heteroatoms. The molecular formula is C24H17ClN6O. The number of H-pyrrole nitrogens is 1. The van der Waals surface area contributed by atoms with Gasteiger partial charge < -0.3 is 0 Å². The zero-order valence-corrected chi connectivity index (χ0v) is 18.1. The second-order valence-electron chi connectivity index (χ2n) is 7.44. The van der Waals surface area contributed by atoms with Gasteiger partial charge in [0.15, 0.2) is 0 Å². The summed E-state index contributed by atoms with van der Waals surface area (Å²) in [6, 6.07) is 13.3. The Bertz CT molecular complexity index is 1630. The van der Waals surface area contributed by atoms with E-state index in [4.69, 9.17) is 11.6 Å². The van der Waals surface area contributed by atoms with Crippen LogP contribution in [-0.2, 0) is 13.5 Å². The van der Waals surface area contributed by atoms with Gasteiger partial charge in [0.05, 0.1) is 45.1 Å². The molecule has 0 saturated heterocycles. The minimum atomic E-state index is -0.230. The summed E-state index contributed by atoms with van der Waals surface area (Å²) in [6.45, 7) is 1.99. The number of nitrogens with zero attached hydrogens (tertiary/aromatic N) is 5. The molecule has 0 amide bonds. The molecule has 0 radical (unpaired) electrons. The van der Waals surface area contributed by atoms with Gasteiger partial charge in [0.2, 0.25) is 0 Å². The van der Waals surface area contributed by atoms with Crippen LogP contribution in [0.15, 0.2) is 53.6 Å². The number of hydrogen-bond acceptors (Lipinski definition) is 5. The van der Waals surface area contributed by atoms with Crippen LogP contribution in [0.3, 0.4) is 0 Å². The molecule has 2 aromatic carbocycles. The molecule has 5 aromatic rings. The highest BCUT2D eigenvalue weighted by Gasteiger charge is 2.22. The van der Waals surface area contributed by atoms with Crippen LogP contribution in [0.4, 0.5) is 0 Å². The quantitative estimate of drug-likeness (QED) is 0.441. The lowest BCUT2D eigenvalue weighted by molar-refractivity contribution is 0.776. The molecule has 0 aliphatic heterocycles. The predicted octanol–water partition coefficient (Wildman–Crippen LogP) is 4.63. The van der Waals surface area contributed by atoms with E-state index >= 15 is 0 Å². The Morgan fingerprint density at radius 3 is 2.81 bits per heavy atom. The maximum atomic E-state index is 12.2. The lowest BCUT2D eigenvalue weighted by Crippen LogP contribution is -2.10. The van der Waals surface area contributed by atoms with E-state index in [2.05, 4.69) is 26.3 Å². The molecular weight excluding hydrogens is 424 g/mol. The van der Waals surface area contributed by atoms with Crippen molar-refractivity contribution in [2.45, 2.75) is 13.3 Å². The molecule has 0 fully saturated rings. The van der Waals surface area contributed by atoms with Crippen molar-refractivity contribution in [2.75, 3.05) is 0 Å². The Morgan fingerprint density at radius 1 is 1.19 bits per heavy atom. The Kier molecular flexibility index (Phi) is 4.72. The van der Waals surface area contributed by atoms with Gasteiger partial charge in [-0.05, 0) is 42.3 Å². The molecule has 0 aliphatic carbocycles. The number of aromatic amines is 1. The second kappa shape index (κ2) is 7.59. The van der Waals surface area contributed by atoms with Gasteiger partial charge in [-0.1, -0.05) is 24.6 Å². The number of halogens is 1. The molecule has 0 bridgehead atoms. The molecule has 0 spiro atoms. The molecule has 5 rings (SSSR count). The fraction of sp³-hybridized carbons (Fsp3) is 0.125. The largest absolute Gasteiger partial charge is 0.272 e. The molecule has 3 aromatic heterocycles. The van der Waals surface area contributed by atoms with Crippen LogP contribution in [0.25, 0.3) is 44.1 Å². The monoisotopic (exact) mass is 440 g/mol. The summed E-state index contributed by atoms with van der Waals surface area (Å²) in [7, 11) is 1.81. The average Bonchev–Trinajstić information content (AvgIpc) is 3.20. The SMILES string of the molecule is CCc1n[nH]c(=O)c2ccc(-c3cnn(C)c3-c3c(C#N)cc4ncccc4c3Cl)cc12. The molecule has 3 heterocycles. The molecule has 0 atom stereocenters. The zero-order chi connectivity index (χ0) is 22.4. The van der Waals surface area contributed by atoms with Gasteiger partial charge in [-0.2, -0.15) is 15.5 Å². The highest BCUT2D eigenvalue weighted by molar-refractivity contribution is 6.38. The standard InChI is InChI=1S/C24H17ClN6O/c1-3-19-17-9-13(6-7-15(17)24(32)30-29-19)18-12-28-31(2)23(18)21-14(11-26)10-20-16(22(21)25)5-4-8-27-20/h4-10,12H,3H2,1-2H3,(H,30,32). The summed E-state index contributed by atoms with van der Waals surface area (Å²) in [6.07, 6.45) is 4.09. The first-order valence-electron chi connectivity index (χ1n) is 10.0. The van der Waals surface area contributed by atoms with Gasteiger partial charge in [-0.25, -0.2) is 5.10 Å². The van der Waals surface area contributed by atoms with E-state index in [1.54, 1.807) is 29.2 Å². The highest BCUT2D eigenvalue weighted by Crippen LogP contribution is 2.41. The van der Waals surface area contributed by atoms with E-state index in [1.807, 2.05) is 38.2 Å². The second-order valence-corrected chi connectivity index (χ2v) is 7.82. The third kappa shape index (κ3) is 2.96. The maximum absolute atomic E-state index is 12.2. The maximum Gasteiger partial charge on any atom is 0.272 e. The number of nitrogens with one attached hydrogen (secondary N) is 1. The molecule has 0 saturated carbocycles. The van der Waals surface area contributed by atoms with Crippen LogP contribution in [0.1, 0.15) is 18.2 Å². The van der Waals surface area contributed by atoms with Crippen molar-refractivity contribution < 1.29 is 0 Å². The van der Waals surface area contributed by atoms with Crippen LogP contribution in [0.2, 0.25) is 5.02 Å². The lowest BCUT2D eigenvalue weighted by Gasteiger charge is -2.13. The third-order valence-electron chi connectivity index (χ3n) is 5.65. The summed E-state index contributed by atoms with van der Waals surface area (Å²) in [5.41, 5.74) is 4.63. The molecule has 156 valence electrons. The lowest BCUT2D eigenvalue weighted by atomic mass is 9.95. The fourth-order valence-electron chi connectivity index (χ4n) is 4.10. The first-order valence-corrected chi connectivity index (χ1v) is 10.4. The Hall–Kier alpha value is -4.02. The van der Waals surface area contributed by atoms with Crippen LogP contribution in [0.5, 0.6) is 0 Å². The van der Waals surface area contributed by atoms with Crippen LogP contribution in [0, 0.1) is 11.3 Å². The Balaban J connectivity index is 1.82. The Morgan fingerprint density at radius 2 is 2.03 bits per heavy atom. The summed E-state index contributed by atoms with van der Waals surface area (Å²) in [5, 5.41) is 23.7. The minimum Gasteiger partial charge on any atom is -0.267 e. The van der Waals surface area contributed by atoms with Crippen molar-refractivity contribution in [3.8, 4) is 28.5 Å². The van der Waals surface area contributed by atoms with Gasteiger partial charge in [-0.15, -0.1) is 0 Å². The van der Waals surface area contributed by atoms with Crippen LogP contribution in [-0.4, -0.2) is 25.0 Å². The smallest absolute Gasteiger partial charge is 0.267 e. The summed E-state index contributed by atoms with van der Waals surface area (Å²) < 4.78 is 1.71. The highest BCUT2D eigenvalue weighted by atomic mass is 35.5. The summed E-state index contributed by atoms with van der Waals surface area (Å²) >= 11 is 6.82. The average molecular weight is 441 g/mol. The normalized spacial score (nSPS) is 11.2. The number of hydrogen-bond donors (Lipinski definition) is 1. The molecule has 1 N–H and O–H groups in total. The van der Waals surface area contributed by atoms with Crippen LogP contribution >= 0.6 is 11.6 Å². The van der Waals surface area contributed by atoms with E-state index in [0.29, 0.717) is 39.2 Å². The van der Waals surface area contributed by atoms with Crippen molar-refractivity contribution in [2.24, 2.45) is 7.05 Å². The number of nitriles is 1. The van der Waals surface area contributed by atoms with E-state index in [-0.39, 0.29) is 5.56 Å². The predicted molar refractivity (Wildman–Crippen MR) is 124 cm³/mol. The van der Waals surface area contributed by atoms with Gasteiger partial charge in [0.25, 0.3) is 5.56 Å². The van der Waals surface area contributed by atoms with Crippen molar-refractivity contribution in [1.29, 1.82) is 5.26 Å². The van der Waals surface area contributed by atoms with E-state index in [0.717, 1.165) is 27.6 Å². The molecule has 7 nitrogen and oxygen atoms in total. The van der Waals surface area contributed by atoms with E-state index in [9.17, 15) is 10.1 Å². The van der Waals surface area contributed by atoms with E-state index < -0.39 is 0 Å². The number of pyridine rings is 1. The van der Waals surface area contributed by atoms with Crippen molar-refractivity contribution in [3.63, 3.8) is 0 Å². The summed E-state index contributed by atoms with van der Waals surface area (Å²) in [5.74, 6) is 0. The van der Waals surface area contributed by atoms with E-state index in [1.165, 1.54) is 0 Å². The number of aryl methyl sites for hydroxylation is 2. The third-order valence-corrected chi connectivity index (χ3v) is 6.05.